The molecule has 1 aromatic carbocycles. The van der Waals surface area contributed by atoms with Crippen LogP contribution in [0.3, 0.4) is 0 Å². The lowest BCUT2D eigenvalue weighted by Crippen LogP contribution is -2.43. The van der Waals surface area contributed by atoms with Crippen LogP contribution in [0, 0.1) is 5.92 Å². The molecule has 0 aliphatic carbocycles. The number of piperidine rings is 1. The molecule has 1 saturated heterocycles. The Labute approximate surface area is 164 Å². The molecule has 1 N–H and O–H groups in total. The lowest BCUT2D eigenvalue weighted by atomic mass is 9.97. The summed E-state index contributed by atoms with van der Waals surface area (Å²) in [4.78, 5) is 12.4. The van der Waals surface area contributed by atoms with Crippen molar-refractivity contribution in [2.45, 2.75) is 26.3 Å². The maximum absolute atomic E-state index is 12.4. The first-order valence-corrected chi connectivity index (χ1v) is 10.9. The first-order chi connectivity index (χ1) is 12.9. The standard InChI is InChI=1S/C18H23ClN4O3S/c1-2-27(25,26)22-9-7-15(8-10-22)18(24)20-11-14-12-21-23(13-14)17-5-3-16(19)4-6-17/h3-6,12-13,15H,2,7-11H2,1H3,(H,20,24). The molecule has 9 heteroatoms. The predicted octanol–water partition coefficient (Wildman–Crippen LogP) is 2.20. The van der Waals surface area contributed by atoms with Gasteiger partial charge in [-0.15, -0.1) is 0 Å². The lowest BCUT2D eigenvalue weighted by molar-refractivity contribution is -0.126. The van der Waals surface area contributed by atoms with Gasteiger partial charge >= 0.3 is 0 Å². The van der Waals surface area contributed by atoms with Crippen molar-refractivity contribution in [2.24, 2.45) is 5.92 Å². The first kappa shape index (κ1) is 19.9. The molecule has 2 aromatic rings. The highest BCUT2D eigenvalue weighted by Gasteiger charge is 2.29. The van der Waals surface area contributed by atoms with E-state index in [1.165, 1.54) is 4.31 Å². The average Bonchev–Trinajstić information content (AvgIpc) is 3.16. The van der Waals surface area contributed by atoms with Crippen LogP contribution in [0.5, 0.6) is 0 Å². The fourth-order valence-electron chi connectivity index (χ4n) is 3.10. The van der Waals surface area contributed by atoms with Crippen LogP contribution in [0.15, 0.2) is 36.7 Å². The van der Waals surface area contributed by atoms with E-state index in [-0.39, 0.29) is 17.6 Å². The fourth-order valence-corrected chi connectivity index (χ4v) is 4.36. The molecule has 1 aliphatic rings. The number of nitrogens with one attached hydrogen (secondary N) is 1. The second-order valence-corrected chi connectivity index (χ2v) is 9.26. The summed E-state index contributed by atoms with van der Waals surface area (Å²) in [5.41, 5.74) is 1.78. The van der Waals surface area contributed by atoms with Crippen LogP contribution in [-0.4, -0.2) is 47.3 Å². The number of halogens is 1. The largest absolute Gasteiger partial charge is 0.352 e. The summed E-state index contributed by atoms with van der Waals surface area (Å²) < 4.78 is 27.0. The lowest BCUT2D eigenvalue weighted by Gasteiger charge is -2.30. The fraction of sp³-hybridized carbons (Fsp3) is 0.444. The van der Waals surface area contributed by atoms with Crippen LogP contribution in [0.25, 0.3) is 5.69 Å². The zero-order valence-electron chi connectivity index (χ0n) is 15.1. The average molecular weight is 411 g/mol. The SMILES string of the molecule is CCS(=O)(=O)N1CCC(C(=O)NCc2cnn(-c3ccc(Cl)cc3)c2)CC1. The van der Waals surface area contributed by atoms with Crippen molar-refractivity contribution in [2.75, 3.05) is 18.8 Å². The van der Waals surface area contributed by atoms with E-state index in [0.29, 0.717) is 37.5 Å². The molecule has 0 atom stereocenters. The Hall–Kier alpha value is -1.90. The van der Waals surface area contributed by atoms with Gasteiger partial charge in [0, 0.05) is 42.3 Å². The number of carbonyl (C=O) groups excluding carboxylic acids is 1. The van der Waals surface area contributed by atoms with Crippen molar-refractivity contribution in [3.63, 3.8) is 0 Å². The van der Waals surface area contributed by atoms with Crippen molar-refractivity contribution >= 4 is 27.5 Å². The number of rotatable bonds is 6. The molecule has 2 heterocycles. The zero-order chi connectivity index (χ0) is 19.4. The van der Waals surface area contributed by atoms with E-state index in [1.807, 2.05) is 18.3 Å². The van der Waals surface area contributed by atoms with Crippen LogP contribution >= 0.6 is 11.6 Å². The Morgan fingerprint density at radius 2 is 1.93 bits per heavy atom. The predicted molar refractivity (Wildman–Crippen MR) is 104 cm³/mol. The monoisotopic (exact) mass is 410 g/mol. The van der Waals surface area contributed by atoms with Gasteiger partial charge in [-0.2, -0.15) is 5.10 Å². The Morgan fingerprint density at radius 3 is 2.56 bits per heavy atom. The van der Waals surface area contributed by atoms with E-state index in [2.05, 4.69) is 10.4 Å². The van der Waals surface area contributed by atoms with E-state index in [4.69, 9.17) is 11.6 Å². The van der Waals surface area contributed by atoms with Gasteiger partial charge in [0.15, 0.2) is 0 Å². The van der Waals surface area contributed by atoms with Crippen LogP contribution in [0.2, 0.25) is 5.02 Å². The number of hydrogen-bond acceptors (Lipinski definition) is 4. The van der Waals surface area contributed by atoms with Gasteiger partial charge in [0.25, 0.3) is 0 Å². The molecule has 3 rings (SSSR count). The van der Waals surface area contributed by atoms with Crippen molar-refractivity contribution in [1.82, 2.24) is 19.4 Å². The molecule has 146 valence electrons. The van der Waals surface area contributed by atoms with Crippen LogP contribution in [0.1, 0.15) is 25.3 Å². The van der Waals surface area contributed by atoms with Gasteiger partial charge in [-0.25, -0.2) is 17.4 Å². The van der Waals surface area contributed by atoms with Crippen LogP contribution in [0.4, 0.5) is 0 Å². The minimum atomic E-state index is -3.17. The molecule has 1 aromatic heterocycles. The number of carbonyl (C=O) groups is 1. The van der Waals surface area contributed by atoms with E-state index in [9.17, 15) is 13.2 Å². The normalized spacial score (nSPS) is 16.4. The van der Waals surface area contributed by atoms with Crippen molar-refractivity contribution < 1.29 is 13.2 Å². The van der Waals surface area contributed by atoms with Gasteiger partial charge < -0.3 is 5.32 Å². The second kappa shape index (κ2) is 8.41. The van der Waals surface area contributed by atoms with Crippen molar-refractivity contribution in [3.05, 3.63) is 47.2 Å². The molecular formula is C18H23ClN4O3S. The van der Waals surface area contributed by atoms with Crippen molar-refractivity contribution in [1.29, 1.82) is 0 Å². The second-order valence-electron chi connectivity index (χ2n) is 6.56. The zero-order valence-corrected chi connectivity index (χ0v) is 16.7. The van der Waals surface area contributed by atoms with Gasteiger partial charge in [0.2, 0.25) is 15.9 Å². The summed E-state index contributed by atoms with van der Waals surface area (Å²) in [6.07, 6.45) is 4.68. The van der Waals surface area contributed by atoms with E-state index in [1.54, 1.807) is 29.9 Å². The molecule has 1 fully saturated rings. The highest BCUT2D eigenvalue weighted by atomic mass is 35.5. The van der Waals surface area contributed by atoms with Gasteiger partial charge in [-0.05, 0) is 44.0 Å². The molecular weight excluding hydrogens is 388 g/mol. The van der Waals surface area contributed by atoms with Crippen molar-refractivity contribution in [3.8, 4) is 5.69 Å². The smallest absolute Gasteiger partial charge is 0.223 e. The van der Waals surface area contributed by atoms with Crippen LogP contribution in [-0.2, 0) is 21.4 Å². The summed E-state index contributed by atoms with van der Waals surface area (Å²) in [6.45, 7) is 2.84. The molecule has 7 nitrogen and oxygen atoms in total. The number of aromatic nitrogens is 2. The first-order valence-electron chi connectivity index (χ1n) is 8.94. The Morgan fingerprint density at radius 1 is 1.26 bits per heavy atom. The summed E-state index contributed by atoms with van der Waals surface area (Å²) in [6, 6.07) is 7.34. The van der Waals surface area contributed by atoms with E-state index in [0.717, 1.165) is 11.3 Å². The van der Waals surface area contributed by atoms with Gasteiger partial charge in [0.1, 0.15) is 0 Å². The maximum Gasteiger partial charge on any atom is 0.223 e. The highest BCUT2D eigenvalue weighted by molar-refractivity contribution is 7.89. The van der Waals surface area contributed by atoms with Crippen LogP contribution < -0.4 is 5.32 Å². The molecule has 0 bridgehead atoms. The number of amides is 1. The molecule has 0 spiro atoms. The third-order valence-corrected chi connectivity index (χ3v) is 6.91. The summed E-state index contributed by atoms with van der Waals surface area (Å²) in [5, 5.41) is 7.89. The molecule has 1 aliphatic heterocycles. The Kier molecular flexibility index (Phi) is 6.18. The molecule has 0 saturated carbocycles. The molecule has 27 heavy (non-hydrogen) atoms. The third kappa shape index (κ3) is 4.88. The van der Waals surface area contributed by atoms with Gasteiger partial charge in [0.05, 0.1) is 17.6 Å². The highest BCUT2D eigenvalue weighted by Crippen LogP contribution is 2.20. The summed E-state index contributed by atoms with van der Waals surface area (Å²) in [7, 11) is -3.17. The summed E-state index contributed by atoms with van der Waals surface area (Å²) in [5.74, 6) is -0.0935. The minimum Gasteiger partial charge on any atom is -0.352 e. The minimum absolute atomic E-state index is 0.0391. The number of nitrogens with zero attached hydrogens (tertiary/aromatic N) is 3. The maximum atomic E-state index is 12.4. The number of hydrogen-bond donors (Lipinski definition) is 1. The summed E-state index contributed by atoms with van der Waals surface area (Å²) >= 11 is 5.89. The third-order valence-electron chi connectivity index (χ3n) is 4.78. The Balaban J connectivity index is 1.51. The number of benzene rings is 1. The molecule has 0 radical (unpaired) electrons. The quantitative estimate of drug-likeness (QED) is 0.791. The van der Waals surface area contributed by atoms with E-state index >= 15 is 0 Å². The van der Waals surface area contributed by atoms with E-state index < -0.39 is 10.0 Å². The molecule has 1 amide bonds. The number of sulfonamides is 1. The molecule has 0 unspecified atom stereocenters. The topological polar surface area (TPSA) is 84.3 Å². The van der Waals surface area contributed by atoms with Gasteiger partial charge in [-0.3, -0.25) is 4.79 Å². The Bertz CT molecular complexity index is 888. The van der Waals surface area contributed by atoms with Gasteiger partial charge in [-0.1, -0.05) is 11.6 Å².